The van der Waals surface area contributed by atoms with Gasteiger partial charge >= 0.3 is 5.97 Å². The van der Waals surface area contributed by atoms with E-state index in [1.54, 1.807) is 12.0 Å². The first-order chi connectivity index (χ1) is 10.9. The summed E-state index contributed by atoms with van der Waals surface area (Å²) in [6.45, 7) is 3.34. The molecule has 6 heteroatoms. The van der Waals surface area contributed by atoms with Crippen molar-refractivity contribution in [3.8, 4) is 5.75 Å². The topological polar surface area (TPSA) is 76.1 Å². The summed E-state index contributed by atoms with van der Waals surface area (Å²) < 4.78 is 10.4. The van der Waals surface area contributed by atoms with Crippen molar-refractivity contribution in [2.75, 3.05) is 33.4 Å². The number of hydrogen-bond acceptors (Lipinski definition) is 4. The molecule has 2 aliphatic rings. The Bertz CT molecular complexity index is 625. The lowest BCUT2D eigenvalue weighted by atomic mass is 9.87. The number of ether oxygens (including phenoxy) is 2. The molecule has 1 amide bonds. The average Bonchev–Trinajstić information content (AvgIpc) is 2.97. The summed E-state index contributed by atoms with van der Waals surface area (Å²) in [7, 11) is 1.58. The third-order valence-corrected chi connectivity index (χ3v) is 4.80. The normalized spacial score (nSPS) is 25.7. The quantitative estimate of drug-likeness (QED) is 0.907. The van der Waals surface area contributed by atoms with E-state index >= 15 is 0 Å². The minimum Gasteiger partial charge on any atom is -0.497 e. The fourth-order valence-corrected chi connectivity index (χ4v) is 3.34. The Hall–Kier alpha value is -2.08. The lowest BCUT2D eigenvalue weighted by Crippen LogP contribution is -2.53. The van der Waals surface area contributed by atoms with Crippen LogP contribution >= 0.6 is 0 Å². The molecule has 0 aliphatic carbocycles. The lowest BCUT2D eigenvalue weighted by molar-refractivity contribution is -0.167. The first-order valence-corrected chi connectivity index (χ1v) is 7.68. The number of carbonyl (C=O) groups excluding carboxylic acids is 1. The maximum absolute atomic E-state index is 12.6. The predicted octanol–water partition coefficient (Wildman–Crippen LogP) is 1.36. The average molecular weight is 319 g/mol. The third kappa shape index (κ3) is 2.79. The molecule has 0 bridgehead atoms. The minimum atomic E-state index is -0.872. The number of likely N-dealkylation sites (tertiary alicyclic amines) is 1. The molecule has 2 aliphatic heterocycles. The summed E-state index contributed by atoms with van der Waals surface area (Å²) in [5.74, 6) is -1.02. The van der Waals surface area contributed by atoms with Gasteiger partial charge in [0.1, 0.15) is 5.75 Å². The zero-order valence-corrected chi connectivity index (χ0v) is 13.3. The minimum absolute atomic E-state index is 0.0135. The van der Waals surface area contributed by atoms with Crippen LogP contribution in [0.2, 0.25) is 0 Å². The number of methoxy groups -OCH3 is 1. The van der Waals surface area contributed by atoms with Gasteiger partial charge in [0.15, 0.2) is 0 Å². The van der Waals surface area contributed by atoms with Crippen LogP contribution in [-0.2, 0) is 14.3 Å². The Morgan fingerprint density at radius 3 is 2.65 bits per heavy atom. The van der Waals surface area contributed by atoms with Crippen LogP contribution in [0.4, 0.5) is 0 Å². The van der Waals surface area contributed by atoms with Crippen molar-refractivity contribution in [2.24, 2.45) is 11.3 Å². The van der Waals surface area contributed by atoms with E-state index in [1.807, 2.05) is 31.2 Å². The number of carboxylic acids is 1. The highest BCUT2D eigenvalue weighted by atomic mass is 16.5. The van der Waals surface area contributed by atoms with Gasteiger partial charge in [-0.25, -0.2) is 0 Å². The molecule has 0 saturated carbocycles. The number of rotatable bonds is 4. The van der Waals surface area contributed by atoms with Gasteiger partial charge in [-0.2, -0.15) is 0 Å². The summed E-state index contributed by atoms with van der Waals surface area (Å²) >= 11 is 0. The number of carboxylic acid groups (broad SMARTS) is 1. The standard InChI is InChI=1S/C17H21NO5/c1-17(9-23-10-17)16(21)18-7-13(14(8-18)15(19)20)11-4-3-5-12(6-11)22-2/h3-6,13-14H,7-10H2,1-2H3,(H,19,20). The van der Waals surface area contributed by atoms with Crippen LogP contribution in [0, 0.1) is 11.3 Å². The molecule has 1 N–H and O–H groups in total. The summed E-state index contributed by atoms with van der Waals surface area (Å²) in [4.78, 5) is 26.0. The Morgan fingerprint density at radius 1 is 1.35 bits per heavy atom. The molecule has 2 heterocycles. The largest absolute Gasteiger partial charge is 0.497 e. The zero-order valence-electron chi connectivity index (χ0n) is 13.3. The summed E-state index contributed by atoms with van der Waals surface area (Å²) in [5.41, 5.74) is 0.383. The van der Waals surface area contributed by atoms with E-state index in [1.165, 1.54) is 0 Å². The summed E-state index contributed by atoms with van der Waals surface area (Å²) in [6, 6.07) is 7.41. The van der Waals surface area contributed by atoms with Gasteiger partial charge in [-0.05, 0) is 24.6 Å². The number of amides is 1. The third-order valence-electron chi connectivity index (χ3n) is 4.80. The Kier molecular flexibility index (Phi) is 4.02. The fourth-order valence-electron chi connectivity index (χ4n) is 3.34. The highest BCUT2D eigenvalue weighted by Crippen LogP contribution is 2.38. The second-order valence-corrected chi connectivity index (χ2v) is 6.59. The number of hydrogen-bond donors (Lipinski definition) is 1. The zero-order chi connectivity index (χ0) is 16.6. The lowest BCUT2D eigenvalue weighted by Gasteiger charge is -2.39. The summed E-state index contributed by atoms with van der Waals surface area (Å²) in [6.07, 6.45) is 0. The second kappa shape index (κ2) is 5.85. The monoisotopic (exact) mass is 319 g/mol. The van der Waals surface area contributed by atoms with Crippen LogP contribution in [0.5, 0.6) is 5.75 Å². The van der Waals surface area contributed by atoms with Crippen molar-refractivity contribution >= 4 is 11.9 Å². The van der Waals surface area contributed by atoms with Crippen molar-refractivity contribution in [2.45, 2.75) is 12.8 Å². The number of nitrogens with zero attached hydrogens (tertiary/aromatic N) is 1. The van der Waals surface area contributed by atoms with Gasteiger partial charge in [0.2, 0.25) is 5.91 Å². The second-order valence-electron chi connectivity index (χ2n) is 6.59. The molecule has 23 heavy (non-hydrogen) atoms. The SMILES string of the molecule is COc1cccc(C2CN(C(=O)C3(C)COC3)CC2C(=O)O)c1. The summed E-state index contributed by atoms with van der Waals surface area (Å²) in [5, 5.41) is 9.55. The number of aliphatic carboxylic acids is 1. The van der Waals surface area contributed by atoms with Crippen LogP contribution in [0.1, 0.15) is 18.4 Å². The van der Waals surface area contributed by atoms with E-state index in [4.69, 9.17) is 9.47 Å². The molecule has 6 nitrogen and oxygen atoms in total. The molecular weight excluding hydrogens is 298 g/mol. The maximum atomic E-state index is 12.6. The molecule has 124 valence electrons. The van der Waals surface area contributed by atoms with Gasteiger partial charge in [-0.15, -0.1) is 0 Å². The molecular formula is C17H21NO5. The Balaban J connectivity index is 1.84. The van der Waals surface area contributed by atoms with E-state index in [-0.39, 0.29) is 18.4 Å². The van der Waals surface area contributed by atoms with Gasteiger partial charge in [0, 0.05) is 19.0 Å². The molecule has 0 spiro atoms. The van der Waals surface area contributed by atoms with Gasteiger partial charge in [-0.3, -0.25) is 9.59 Å². The molecule has 2 unspecified atom stereocenters. The van der Waals surface area contributed by atoms with Crippen LogP contribution in [0.3, 0.4) is 0 Å². The van der Waals surface area contributed by atoms with Crippen molar-refractivity contribution in [1.82, 2.24) is 4.90 Å². The first kappa shape index (κ1) is 15.8. The van der Waals surface area contributed by atoms with E-state index in [9.17, 15) is 14.7 Å². The van der Waals surface area contributed by atoms with Gasteiger partial charge < -0.3 is 19.5 Å². The highest BCUT2D eigenvalue weighted by molar-refractivity contribution is 5.85. The first-order valence-electron chi connectivity index (χ1n) is 7.68. The van der Waals surface area contributed by atoms with E-state index in [2.05, 4.69) is 0 Å². The van der Waals surface area contributed by atoms with Crippen LogP contribution in [0.25, 0.3) is 0 Å². The van der Waals surface area contributed by atoms with Crippen molar-refractivity contribution in [3.63, 3.8) is 0 Å². The molecule has 2 fully saturated rings. The molecule has 3 rings (SSSR count). The molecule has 0 aromatic heterocycles. The highest BCUT2D eigenvalue weighted by Gasteiger charge is 2.48. The van der Waals surface area contributed by atoms with Crippen molar-refractivity contribution in [1.29, 1.82) is 0 Å². The molecule has 1 aromatic rings. The van der Waals surface area contributed by atoms with E-state index < -0.39 is 17.3 Å². The van der Waals surface area contributed by atoms with Crippen LogP contribution in [-0.4, -0.2) is 55.3 Å². The van der Waals surface area contributed by atoms with Gasteiger partial charge in [0.05, 0.1) is 31.7 Å². The van der Waals surface area contributed by atoms with Gasteiger partial charge in [-0.1, -0.05) is 12.1 Å². The van der Waals surface area contributed by atoms with Crippen molar-refractivity contribution < 1.29 is 24.2 Å². The van der Waals surface area contributed by atoms with Crippen molar-refractivity contribution in [3.05, 3.63) is 29.8 Å². The van der Waals surface area contributed by atoms with E-state index in [0.717, 1.165) is 5.56 Å². The van der Waals surface area contributed by atoms with Gasteiger partial charge in [0.25, 0.3) is 0 Å². The molecule has 2 saturated heterocycles. The predicted molar refractivity (Wildman–Crippen MR) is 82.4 cm³/mol. The Labute approximate surface area is 135 Å². The molecule has 0 radical (unpaired) electrons. The maximum Gasteiger partial charge on any atom is 0.308 e. The molecule has 2 atom stereocenters. The number of benzene rings is 1. The van der Waals surface area contributed by atoms with Crippen LogP contribution < -0.4 is 4.74 Å². The fraction of sp³-hybridized carbons (Fsp3) is 0.529. The van der Waals surface area contributed by atoms with E-state index in [0.29, 0.717) is 25.5 Å². The van der Waals surface area contributed by atoms with Crippen LogP contribution in [0.15, 0.2) is 24.3 Å². The smallest absolute Gasteiger partial charge is 0.308 e. The molecule has 1 aromatic carbocycles. The number of carbonyl (C=O) groups is 2. The Morgan fingerprint density at radius 2 is 2.09 bits per heavy atom.